The number of aromatic nitrogens is 1. The number of oxime groups is 1. The highest BCUT2D eigenvalue weighted by molar-refractivity contribution is 7.17. The molecule has 19 heavy (non-hydrogen) atoms. The van der Waals surface area contributed by atoms with Gasteiger partial charge in [-0.25, -0.2) is 4.98 Å². The van der Waals surface area contributed by atoms with Crippen molar-refractivity contribution in [2.24, 2.45) is 5.16 Å². The van der Waals surface area contributed by atoms with Crippen LogP contribution in [0.1, 0.15) is 17.5 Å². The maximum absolute atomic E-state index is 8.80. The Balaban J connectivity index is 2.29. The molecule has 0 saturated heterocycles. The Morgan fingerprint density at radius 3 is 2.79 bits per heavy atom. The number of hydrogen-bond acceptors (Lipinski definition) is 5. The number of aryl methyl sites for hydroxylation is 1. The van der Waals surface area contributed by atoms with Crippen molar-refractivity contribution in [2.45, 2.75) is 13.8 Å². The number of benzene rings is 1. The third-order valence-corrected chi connectivity index (χ3v) is 4.18. The first-order valence-corrected chi connectivity index (χ1v) is 6.97. The molecule has 0 aliphatic rings. The fraction of sp³-hybridized carbons (Fsp3) is 0.167. The molecule has 0 amide bonds. The molecule has 0 fully saturated rings. The molecule has 2 N–H and O–H groups in total. The normalized spacial score (nSPS) is 11.7. The molecular formula is C12H11Cl2N3OS. The number of anilines is 2. The largest absolute Gasteiger partial charge is 0.411 e. The molecule has 2 rings (SSSR count). The van der Waals surface area contributed by atoms with E-state index >= 15 is 0 Å². The lowest BCUT2D eigenvalue weighted by atomic mass is 10.3. The molecule has 2 aromatic rings. The third kappa shape index (κ3) is 3.18. The summed E-state index contributed by atoms with van der Waals surface area (Å²) in [7, 11) is 0. The summed E-state index contributed by atoms with van der Waals surface area (Å²) in [5.41, 5.74) is 2.06. The van der Waals surface area contributed by atoms with Crippen LogP contribution < -0.4 is 5.32 Å². The van der Waals surface area contributed by atoms with Gasteiger partial charge in [-0.2, -0.15) is 0 Å². The summed E-state index contributed by atoms with van der Waals surface area (Å²) in [5, 5.41) is 16.9. The summed E-state index contributed by atoms with van der Waals surface area (Å²) in [6, 6.07) is 5.19. The summed E-state index contributed by atoms with van der Waals surface area (Å²) in [6.07, 6.45) is 0. The van der Waals surface area contributed by atoms with Crippen molar-refractivity contribution in [3.05, 3.63) is 38.8 Å². The topological polar surface area (TPSA) is 57.5 Å². The first-order chi connectivity index (χ1) is 9.01. The van der Waals surface area contributed by atoms with E-state index in [-0.39, 0.29) is 0 Å². The number of nitrogens with zero attached hydrogens (tertiary/aromatic N) is 2. The lowest BCUT2D eigenvalue weighted by Crippen LogP contribution is -1.92. The van der Waals surface area contributed by atoms with Crippen LogP contribution in [-0.4, -0.2) is 15.9 Å². The predicted octanol–water partition coefficient (Wildman–Crippen LogP) is 4.70. The second-order valence-electron chi connectivity index (χ2n) is 3.87. The second-order valence-corrected chi connectivity index (χ2v) is 5.71. The van der Waals surface area contributed by atoms with Gasteiger partial charge in [-0.1, -0.05) is 39.7 Å². The van der Waals surface area contributed by atoms with Gasteiger partial charge >= 0.3 is 0 Å². The number of nitrogens with one attached hydrogen (secondary N) is 1. The molecule has 0 aliphatic heterocycles. The minimum Gasteiger partial charge on any atom is -0.411 e. The van der Waals surface area contributed by atoms with E-state index in [9.17, 15) is 0 Å². The van der Waals surface area contributed by atoms with Crippen molar-refractivity contribution in [1.82, 2.24) is 4.98 Å². The Bertz CT molecular complexity index is 640. The summed E-state index contributed by atoms with van der Waals surface area (Å²) >= 11 is 13.3. The predicted molar refractivity (Wildman–Crippen MR) is 80.6 cm³/mol. The number of hydrogen-bond donors (Lipinski definition) is 2. The van der Waals surface area contributed by atoms with Crippen LogP contribution in [0.5, 0.6) is 0 Å². The van der Waals surface area contributed by atoms with Gasteiger partial charge in [0.15, 0.2) is 5.13 Å². The molecule has 0 radical (unpaired) electrons. The average Bonchev–Trinajstić information content (AvgIpc) is 2.73. The zero-order valence-electron chi connectivity index (χ0n) is 10.2. The van der Waals surface area contributed by atoms with E-state index < -0.39 is 0 Å². The summed E-state index contributed by atoms with van der Waals surface area (Å²) < 4.78 is 0. The lowest BCUT2D eigenvalue weighted by molar-refractivity contribution is 0.319. The molecule has 7 heteroatoms. The molecule has 0 atom stereocenters. The molecule has 1 heterocycles. The van der Waals surface area contributed by atoms with Crippen molar-refractivity contribution in [1.29, 1.82) is 0 Å². The van der Waals surface area contributed by atoms with E-state index in [1.54, 1.807) is 25.1 Å². The lowest BCUT2D eigenvalue weighted by Gasteiger charge is -2.04. The standard InChI is InChI=1S/C12H11Cl2N3OS/c1-6-11(7(2)17-18)19-12(15-6)16-10-4-3-8(13)5-9(10)14/h3-5,18H,1-2H3,(H,15,16). The fourth-order valence-electron chi connectivity index (χ4n) is 1.54. The maximum Gasteiger partial charge on any atom is 0.188 e. The van der Waals surface area contributed by atoms with Crippen LogP contribution in [0.4, 0.5) is 10.8 Å². The van der Waals surface area contributed by atoms with Crippen LogP contribution in [0, 0.1) is 6.92 Å². The molecular weight excluding hydrogens is 305 g/mol. The first kappa shape index (κ1) is 14.1. The van der Waals surface area contributed by atoms with E-state index in [0.29, 0.717) is 20.9 Å². The Hall–Kier alpha value is -1.30. The Morgan fingerprint density at radius 2 is 2.16 bits per heavy atom. The van der Waals surface area contributed by atoms with Gasteiger partial charge in [-0.15, -0.1) is 0 Å². The molecule has 0 bridgehead atoms. The fourth-order valence-corrected chi connectivity index (χ4v) is 2.91. The molecule has 0 saturated carbocycles. The molecule has 100 valence electrons. The average molecular weight is 316 g/mol. The minimum atomic E-state index is 0.523. The van der Waals surface area contributed by atoms with E-state index in [0.717, 1.165) is 16.3 Å². The monoisotopic (exact) mass is 315 g/mol. The molecule has 0 aliphatic carbocycles. The van der Waals surface area contributed by atoms with Crippen LogP contribution in [0.15, 0.2) is 23.4 Å². The Labute approximate surface area is 124 Å². The van der Waals surface area contributed by atoms with Crippen LogP contribution in [0.25, 0.3) is 0 Å². The van der Waals surface area contributed by atoms with Crippen LogP contribution in [0.3, 0.4) is 0 Å². The van der Waals surface area contributed by atoms with Crippen molar-refractivity contribution < 1.29 is 5.21 Å². The Morgan fingerprint density at radius 1 is 1.42 bits per heavy atom. The van der Waals surface area contributed by atoms with Crippen molar-refractivity contribution >= 4 is 51.1 Å². The smallest absolute Gasteiger partial charge is 0.188 e. The maximum atomic E-state index is 8.80. The van der Waals surface area contributed by atoms with Gasteiger partial charge in [0, 0.05) is 5.02 Å². The van der Waals surface area contributed by atoms with E-state index in [1.807, 2.05) is 6.92 Å². The highest BCUT2D eigenvalue weighted by atomic mass is 35.5. The van der Waals surface area contributed by atoms with Gasteiger partial charge in [0.05, 0.1) is 27.0 Å². The highest BCUT2D eigenvalue weighted by Crippen LogP contribution is 2.31. The summed E-state index contributed by atoms with van der Waals surface area (Å²) in [4.78, 5) is 5.19. The molecule has 0 spiro atoms. The zero-order valence-corrected chi connectivity index (χ0v) is 12.6. The Kier molecular flexibility index (Phi) is 4.29. The molecule has 0 unspecified atom stereocenters. The van der Waals surface area contributed by atoms with Crippen molar-refractivity contribution in [3.63, 3.8) is 0 Å². The van der Waals surface area contributed by atoms with Crippen LogP contribution in [-0.2, 0) is 0 Å². The van der Waals surface area contributed by atoms with E-state index in [4.69, 9.17) is 28.4 Å². The third-order valence-electron chi connectivity index (χ3n) is 2.45. The van der Waals surface area contributed by atoms with Gasteiger partial charge in [0.25, 0.3) is 0 Å². The zero-order chi connectivity index (χ0) is 14.0. The molecule has 1 aromatic heterocycles. The quantitative estimate of drug-likeness (QED) is 0.490. The SMILES string of the molecule is CC(=NO)c1sc(Nc2ccc(Cl)cc2Cl)nc1C. The van der Waals surface area contributed by atoms with Crippen molar-refractivity contribution in [2.75, 3.05) is 5.32 Å². The summed E-state index contributed by atoms with van der Waals surface area (Å²) in [6.45, 7) is 3.58. The van der Waals surface area contributed by atoms with E-state index in [2.05, 4.69) is 15.5 Å². The highest BCUT2D eigenvalue weighted by Gasteiger charge is 2.11. The number of rotatable bonds is 3. The molecule has 1 aromatic carbocycles. The number of halogens is 2. The van der Waals surface area contributed by atoms with Gasteiger partial charge in [0.2, 0.25) is 0 Å². The molecule has 4 nitrogen and oxygen atoms in total. The summed E-state index contributed by atoms with van der Waals surface area (Å²) in [5.74, 6) is 0. The van der Waals surface area contributed by atoms with Crippen LogP contribution in [0.2, 0.25) is 10.0 Å². The van der Waals surface area contributed by atoms with Gasteiger partial charge < -0.3 is 10.5 Å². The van der Waals surface area contributed by atoms with Gasteiger partial charge in [0.1, 0.15) is 0 Å². The minimum absolute atomic E-state index is 0.523. The van der Waals surface area contributed by atoms with Gasteiger partial charge in [-0.3, -0.25) is 0 Å². The van der Waals surface area contributed by atoms with Crippen LogP contribution >= 0.6 is 34.5 Å². The second kappa shape index (κ2) is 5.77. The number of thiazole rings is 1. The van der Waals surface area contributed by atoms with Gasteiger partial charge in [-0.05, 0) is 32.0 Å². The first-order valence-electron chi connectivity index (χ1n) is 5.40. The van der Waals surface area contributed by atoms with E-state index in [1.165, 1.54) is 11.3 Å². The van der Waals surface area contributed by atoms with Crippen molar-refractivity contribution in [3.8, 4) is 0 Å².